The molecule has 8 heteroatoms. The zero-order chi connectivity index (χ0) is 20.1. The zero-order valence-corrected chi connectivity index (χ0v) is 15.9. The topological polar surface area (TPSA) is 79.4 Å². The van der Waals surface area contributed by atoms with Crippen molar-refractivity contribution in [2.75, 3.05) is 16.2 Å². The molecule has 0 fully saturated rings. The minimum atomic E-state index is -4.07. The van der Waals surface area contributed by atoms with Gasteiger partial charge in [0.25, 0.3) is 10.0 Å². The molecule has 0 saturated carbocycles. The van der Waals surface area contributed by atoms with E-state index in [1.165, 1.54) is 36.7 Å². The number of nitrogens with zero attached hydrogens (tertiary/aromatic N) is 2. The summed E-state index contributed by atoms with van der Waals surface area (Å²) >= 11 is 0. The van der Waals surface area contributed by atoms with Gasteiger partial charge in [-0.15, -0.1) is 0 Å². The third kappa shape index (κ3) is 4.52. The van der Waals surface area contributed by atoms with E-state index >= 15 is 0 Å². The van der Waals surface area contributed by atoms with Gasteiger partial charge in [0.1, 0.15) is 17.3 Å². The van der Waals surface area contributed by atoms with E-state index in [0.717, 1.165) is 22.0 Å². The third-order valence-corrected chi connectivity index (χ3v) is 5.72. The molecule has 0 saturated heterocycles. The quantitative estimate of drug-likeness (QED) is 0.689. The second-order valence-corrected chi connectivity index (χ2v) is 7.95. The molecule has 0 unspecified atom stereocenters. The van der Waals surface area contributed by atoms with Crippen LogP contribution in [-0.4, -0.2) is 25.9 Å². The first kappa shape index (κ1) is 19.5. The van der Waals surface area contributed by atoms with E-state index in [1.54, 1.807) is 12.1 Å². The molecule has 0 aliphatic rings. The van der Waals surface area contributed by atoms with E-state index < -0.39 is 28.3 Å². The fourth-order valence-electron chi connectivity index (χ4n) is 2.52. The summed E-state index contributed by atoms with van der Waals surface area (Å²) in [5.74, 6) is -1.03. The number of halogens is 1. The number of rotatable bonds is 6. The minimum absolute atomic E-state index is 0.0672. The van der Waals surface area contributed by atoms with Crippen molar-refractivity contribution in [1.82, 2.24) is 4.98 Å². The average molecular weight is 399 g/mol. The lowest BCUT2D eigenvalue weighted by Crippen LogP contribution is -2.38. The Bertz CT molecular complexity index is 1050. The molecule has 1 heterocycles. The Balaban J connectivity index is 1.91. The molecule has 0 radical (unpaired) electrons. The van der Waals surface area contributed by atoms with Crippen LogP contribution in [0.3, 0.4) is 0 Å². The predicted molar refractivity (Wildman–Crippen MR) is 105 cm³/mol. The van der Waals surface area contributed by atoms with Crippen molar-refractivity contribution in [1.29, 1.82) is 0 Å². The second-order valence-electron chi connectivity index (χ2n) is 6.09. The number of anilines is 2. The maximum absolute atomic E-state index is 13.3. The van der Waals surface area contributed by atoms with E-state index in [-0.39, 0.29) is 10.6 Å². The summed E-state index contributed by atoms with van der Waals surface area (Å²) in [5, 5.41) is 2.67. The van der Waals surface area contributed by atoms with Crippen LogP contribution in [0.2, 0.25) is 0 Å². The molecule has 1 N–H and O–H groups in total. The van der Waals surface area contributed by atoms with Crippen LogP contribution < -0.4 is 9.62 Å². The largest absolute Gasteiger partial charge is 0.325 e. The SMILES string of the molecule is Cc1ccc(NC(=O)CN(c2ccc(F)cc2)S(=O)(=O)c2cccnc2)cc1. The van der Waals surface area contributed by atoms with E-state index in [9.17, 15) is 17.6 Å². The first-order valence-electron chi connectivity index (χ1n) is 8.41. The third-order valence-electron chi connectivity index (χ3n) is 3.96. The Morgan fingerprint density at radius 2 is 1.75 bits per heavy atom. The highest BCUT2D eigenvalue weighted by Gasteiger charge is 2.27. The van der Waals surface area contributed by atoms with Gasteiger partial charge in [-0.1, -0.05) is 17.7 Å². The van der Waals surface area contributed by atoms with Crippen LogP contribution in [0.1, 0.15) is 5.56 Å². The first-order valence-corrected chi connectivity index (χ1v) is 9.85. The second kappa shape index (κ2) is 8.18. The monoisotopic (exact) mass is 399 g/mol. The highest BCUT2D eigenvalue weighted by molar-refractivity contribution is 7.92. The fourth-order valence-corrected chi connectivity index (χ4v) is 3.90. The number of carbonyl (C=O) groups is 1. The lowest BCUT2D eigenvalue weighted by molar-refractivity contribution is -0.114. The molecule has 28 heavy (non-hydrogen) atoms. The van der Waals surface area contributed by atoms with Crippen LogP contribution >= 0.6 is 0 Å². The molecule has 0 atom stereocenters. The van der Waals surface area contributed by atoms with Crippen molar-refractivity contribution in [3.05, 3.63) is 84.4 Å². The lowest BCUT2D eigenvalue weighted by Gasteiger charge is -2.24. The summed E-state index contributed by atoms with van der Waals surface area (Å²) < 4.78 is 40.3. The van der Waals surface area contributed by atoms with Crippen LogP contribution in [0.5, 0.6) is 0 Å². The number of benzene rings is 2. The van der Waals surface area contributed by atoms with Crippen LogP contribution in [0.15, 0.2) is 78.0 Å². The van der Waals surface area contributed by atoms with Gasteiger partial charge in [-0.3, -0.25) is 14.1 Å². The number of aryl methyl sites for hydroxylation is 1. The van der Waals surface area contributed by atoms with Crippen LogP contribution in [0.25, 0.3) is 0 Å². The van der Waals surface area contributed by atoms with E-state index in [2.05, 4.69) is 10.3 Å². The van der Waals surface area contributed by atoms with Crippen molar-refractivity contribution in [3.63, 3.8) is 0 Å². The Kier molecular flexibility index (Phi) is 5.70. The molecule has 144 valence electrons. The number of hydrogen-bond acceptors (Lipinski definition) is 4. The summed E-state index contributed by atoms with van der Waals surface area (Å²) in [7, 11) is -4.07. The Hall–Kier alpha value is -3.26. The molecule has 0 aliphatic heterocycles. The number of aromatic nitrogens is 1. The molecule has 0 aliphatic carbocycles. The summed E-state index contributed by atoms with van der Waals surface area (Å²) in [5.41, 5.74) is 1.75. The smallest absolute Gasteiger partial charge is 0.266 e. The van der Waals surface area contributed by atoms with Crippen molar-refractivity contribution < 1.29 is 17.6 Å². The number of carbonyl (C=O) groups excluding carboxylic acids is 1. The standard InChI is InChI=1S/C20H18FN3O3S/c1-15-4-8-17(9-5-15)23-20(25)14-24(18-10-6-16(21)7-11-18)28(26,27)19-3-2-12-22-13-19/h2-13H,14H2,1H3,(H,23,25). The van der Waals surface area contributed by atoms with Gasteiger partial charge in [0.2, 0.25) is 5.91 Å². The number of sulfonamides is 1. The van der Waals surface area contributed by atoms with Gasteiger partial charge >= 0.3 is 0 Å². The molecular weight excluding hydrogens is 381 g/mol. The van der Waals surface area contributed by atoms with Crippen LogP contribution in [0.4, 0.5) is 15.8 Å². The van der Waals surface area contributed by atoms with Gasteiger partial charge < -0.3 is 5.32 Å². The number of hydrogen-bond donors (Lipinski definition) is 1. The van der Waals surface area contributed by atoms with E-state index in [1.807, 2.05) is 19.1 Å². The van der Waals surface area contributed by atoms with Gasteiger partial charge in [-0.25, -0.2) is 12.8 Å². The molecule has 2 aromatic carbocycles. The maximum Gasteiger partial charge on any atom is 0.266 e. The Labute approximate surface area is 162 Å². The molecule has 0 bridgehead atoms. The van der Waals surface area contributed by atoms with Gasteiger partial charge in [0.15, 0.2) is 0 Å². The summed E-state index contributed by atoms with van der Waals surface area (Å²) in [4.78, 5) is 16.3. The fraction of sp³-hybridized carbons (Fsp3) is 0.100. The lowest BCUT2D eigenvalue weighted by atomic mass is 10.2. The molecule has 1 amide bonds. The number of nitrogens with one attached hydrogen (secondary N) is 1. The molecule has 3 aromatic rings. The van der Waals surface area contributed by atoms with E-state index in [4.69, 9.17) is 0 Å². The van der Waals surface area contributed by atoms with Crippen molar-refractivity contribution in [3.8, 4) is 0 Å². The van der Waals surface area contributed by atoms with Gasteiger partial charge in [0.05, 0.1) is 5.69 Å². The molecule has 3 rings (SSSR count). The number of pyridine rings is 1. The Morgan fingerprint density at radius 3 is 2.36 bits per heavy atom. The average Bonchev–Trinajstić information content (AvgIpc) is 2.69. The molecule has 6 nitrogen and oxygen atoms in total. The molecule has 1 aromatic heterocycles. The van der Waals surface area contributed by atoms with Crippen LogP contribution in [0, 0.1) is 12.7 Å². The number of amides is 1. The van der Waals surface area contributed by atoms with Gasteiger partial charge in [-0.2, -0.15) is 0 Å². The first-order chi connectivity index (χ1) is 13.4. The summed E-state index contributed by atoms with van der Waals surface area (Å²) in [6, 6.07) is 14.9. The highest BCUT2D eigenvalue weighted by Crippen LogP contribution is 2.23. The van der Waals surface area contributed by atoms with E-state index in [0.29, 0.717) is 5.69 Å². The summed E-state index contributed by atoms with van der Waals surface area (Å²) in [6.07, 6.45) is 2.65. The summed E-state index contributed by atoms with van der Waals surface area (Å²) in [6.45, 7) is 1.44. The van der Waals surface area contributed by atoms with Gasteiger partial charge in [-0.05, 0) is 55.5 Å². The van der Waals surface area contributed by atoms with Crippen molar-refractivity contribution in [2.45, 2.75) is 11.8 Å². The van der Waals surface area contributed by atoms with Gasteiger partial charge in [0, 0.05) is 18.1 Å². The Morgan fingerprint density at radius 1 is 1.07 bits per heavy atom. The van der Waals surface area contributed by atoms with Crippen molar-refractivity contribution >= 4 is 27.3 Å². The predicted octanol–water partition coefficient (Wildman–Crippen LogP) is 3.36. The van der Waals surface area contributed by atoms with Crippen molar-refractivity contribution in [2.24, 2.45) is 0 Å². The molecule has 0 spiro atoms. The normalized spacial score (nSPS) is 11.1. The molecular formula is C20H18FN3O3S. The maximum atomic E-state index is 13.3. The zero-order valence-electron chi connectivity index (χ0n) is 15.0. The highest BCUT2D eigenvalue weighted by atomic mass is 32.2. The minimum Gasteiger partial charge on any atom is -0.325 e. The van der Waals surface area contributed by atoms with Crippen LogP contribution in [-0.2, 0) is 14.8 Å².